The van der Waals surface area contributed by atoms with Crippen LogP contribution in [-0.2, 0) is 10.0 Å². The number of aromatic nitrogens is 1. The van der Waals surface area contributed by atoms with E-state index in [-0.39, 0.29) is 46.4 Å². The third-order valence-corrected chi connectivity index (χ3v) is 9.11. The van der Waals surface area contributed by atoms with E-state index in [0.717, 1.165) is 10.6 Å². The number of rotatable bonds is 6. The molecule has 0 bridgehead atoms. The van der Waals surface area contributed by atoms with Crippen LogP contribution in [0.3, 0.4) is 0 Å². The van der Waals surface area contributed by atoms with Gasteiger partial charge in [0.2, 0.25) is 10.0 Å². The maximum Gasteiger partial charge on any atom is 0.309 e. The summed E-state index contributed by atoms with van der Waals surface area (Å²) >= 11 is 0. The summed E-state index contributed by atoms with van der Waals surface area (Å²) in [5.74, 6) is -2.16. The summed E-state index contributed by atoms with van der Waals surface area (Å²) in [5.41, 5.74) is 2.38. The van der Waals surface area contributed by atoms with Crippen LogP contribution in [0.15, 0.2) is 63.4 Å². The molecule has 1 aliphatic heterocycles. The van der Waals surface area contributed by atoms with Crippen LogP contribution in [0.1, 0.15) is 45.4 Å². The van der Waals surface area contributed by atoms with Crippen molar-refractivity contribution in [3.05, 3.63) is 83.2 Å². The maximum atomic E-state index is 13.7. The van der Waals surface area contributed by atoms with Crippen LogP contribution in [0.4, 0.5) is 14.5 Å². The van der Waals surface area contributed by atoms with Gasteiger partial charge in [0.05, 0.1) is 17.5 Å². The summed E-state index contributed by atoms with van der Waals surface area (Å²) in [6.45, 7) is 0.617. The van der Waals surface area contributed by atoms with E-state index < -0.39 is 33.5 Å². The van der Waals surface area contributed by atoms with Crippen molar-refractivity contribution < 1.29 is 35.6 Å². The number of anilines is 1. The summed E-state index contributed by atoms with van der Waals surface area (Å²) in [6.07, 6.45) is 2.30. The molecule has 0 spiro atoms. The molecule has 0 saturated carbocycles. The Bertz CT molecular complexity index is 2040. The van der Waals surface area contributed by atoms with Gasteiger partial charge in [0.25, 0.3) is 11.8 Å². The lowest BCUT2D eigenvalue weighted by Crippen LogP contribution is -2.39. The van der Waals surface area contributed by atoms with Gasteiger partial charge < -0.3 is 19.1 Å². The maximum absolute atomic E-state index is 13.7. The molecule has 13 heteroatoms. The highest BCUT2D eigenvalue weighted by atomic mass is 32.2. The summed E-state index contributed by atoms with van der Waals surface area (Å²) in [7, 11) is -0.821. The van der Waals surface area contributed by atoms with E-state index in [0.29, 0.717) is 41.6 Å². The van der Waals surface area contributed by atoms with Gasteiger partial charge >= 0.3 is 5.91 Å². The van der Waals surface area contributed by atoms with Crippen molar-refractivity contribution in [2.75, 3.05) is 37.7 Å². The minimum Gasteiger partial charge on any atom is -0.455 e. The standard InChI is InChI=1S/C31H28F2N4O6S/c1-34-29(38)27-22-14-21(18-5-4-12-37(16-18)31(39)30-35-23-13-20(33)10-11-25(23)43-30)24(36(2)44(3,40)41)15-26(22)42-28(27)17-6-8-19(32)9-7-17/h6-11,13-15,18H,4-5,12,16H2,1-3H3,(H,34,38)/t18-/m1/s1. The van der Waals surface area contributed by atoms with Crippen molar-refractivity contribution >= 4 is 49.6 Å². The van der Waals surface area contributed by atoms with Gasteiger partial charge in [-0.1, -0.05) is 0 Å². The molecule has 1 atom stereocenters. The highest BCUT2D eigenvalue weighted by Gasteiger charge is 2.33. The first-order valence-corrected chi connectivity index (χ1v) is 15.7. The molecule has 3 heterocycles. The summed E-state index contributed by atoms with van der Waals surface area (Å²) in [5, 5.41) is 3.06. The molecule has 0 radical (unpaired) electrons. The predicted octanol–water partition coefficient (Wildman–Crippen LogP) is 5.29. The Labute approximate surface area is 251 Å². The topological polar surface area (TPSA) is 126 Å². The first-order valence-electron chi connectivity index (χ1n) is 13.8. The molecular formula is C31H28F2N4O6S. The Morgan fingerprint density at radius 2 is 1.75 bits per heavy atom. The number of carbonyl (C=O) groups excluding carboxylic acids is 2. The Balaban J connectivity index is 1.45. The third-order valence-electron chi connectivity index (χ3n) is 7.92. The Morgan fingerprint density at radius 3 is 2.45 bits per heavy atom. The van der Waals surface area contributed by atoms with Crippen LogP contribution in [-0.4, -0.2) is 63.6 Å². The second-order valence-electron chi connectivity index (χ2n) is 10.8. The minimum absolute atomic E-state index is 0.171. The van der Waals surface area contributed by atoms with E-state index in [1.54, 1.807) is 17.0 Å². The average molecular weight is 623 g/mol. The molecule has 5 aromatic rings. The quantitative estimate of drug-likeness (QED) is 0.273. The zero-order chi connectivity index (χ0) is 31.3. The molecule has 1 fully saturated rings. The average Bonchev–Trinajstić information content (AvgIpc) is 3.60. The molecule has 1 aliphatic rings. The summed E-state index contributed by atoms with van der Waals surface area (Å²) in [4.78, 5) is 32.4. The lowest BCUT2D eigenvalue weighted by atomic mass is 9.88. The number of hydrogen-bond donors (Lipinski definition) is 1. The van der Waals surface area contributed by atoms with Crippen molar-refractivity contribution in [3.63, 3.8) is 0 Å². The molecule has 0 unspecified atom stereocenters. The van der Waals surface area contributed by atoms with E-state index in [9.17, 15) is 26.8 Å². The molecule has 6 rings (SSSR count). The third kappa shape index (κ3) is 5.27. The van der Waals surface area contributed by atoms with Crippen LogP contribution in [0.2, 0.25) is 0 Å². The molecule has 2 amide bonds. The Morgan fingerprint density at radius 1 is 1.02 bits per heavy atom. The van der Waals surface area contributed by atoms with Crippen LogP contribution in [0.25, 0.3) is 33.4 Å². The van der Waals surface area contributed by atoms with Crippen molar-refractivity contribution in [2.24, 2.45) is 0 Å². The highest BCUT2D eigenvalue weighted by Crippen LogP contribution is 2.42. The van der Waals surface area contributed by atoms with E-state index in [1.807, 2.05) is 0 Å². The summed E-state index contributed by atoms with van der Waals surface area (Å²) in [6, 6.07) is 12.6. The van der Waals surface area contributed by atoms with E-state index in [1.165, 1.54) is 56.6 Å². The molecule has 0 aliphatic carbocycles. The number of piperidine rings is 1. The lowest BCUT2D eigenvalue weighted by molar-refractivity contribution is 0.0669. The SMILES string of the molecule is CNC(=O)c1c(-c2ccc(F)cc2)oc2cc(N(C)S(C)(=O)=O)c([C@@H]3CCCN(C(=O)c4nc5cc(F)ccc5o4)C3)cc12. The molecule has 2 aromatic heterocycles. The number of fused-ring (bicyclic) bond motifs is 2. The largest absolute Gasteiger partial charge is 0.455 e. The van der Waals surface area contributed by atoms with Gasteiger partial charge in [0.15, 0.2) is 5.58 Å². The fourth-order valence-electron chi connectivity index (χ4n) is 5.63. The minimum atomic E-state index is -3.72. The van der Waals surface area contributed by atoms with E-state index >= 15 is 0 Å². The van der Waals surface area contributed by atoms with Gasteiger partial charge in [-0.15, -0.1) is 0 Å². The zero-order valence-electron chi connectivity index (χ0n) is 24.1. The van der Waals surface area contributed by atoms with Crippen molar-refractivity contribution in [2.45, 2.75) is 18.8 Å². The van der Waals surface area contributed by atoms with Crippen LogP contribution >= 0.6 is 0 Å². The van der Waals surface area contributed by atoms with Crippen LogP contribution < -0.4 is 9.62 Å². The second-order valence-corrected chi connectivity index (χ2v) is 12.8. The number of carbonyl (C=O) groups is 2. The highest BCUT2D eigenvalue weighted by molar-refractivity contribution is 7.92. The number of nitrogens with zero attached hydrogens (tertiary/aromatic N) is 3. The molecule has 44 heavy (non-hydrogen) atoms. The van der Waals surface area contributed by atoms with Gasteiger partial charge in [-0.2, -0.15) is 0 Å². The van der Waals surface area contributed by atoms with Gasteiger partial charge in [0, 0.05) is 56.2 Å². The van der Waals surface area contributed by atoms with E-state index in [4.69, 9.17) is 8.83 Å². The molecule has 3 aromatic carbocycles. The van der Waals surface area contributed by atoms with Crippen molar-refractivity contribution in [1.82, 2.24) is 15.2 Å². The normalized spacial score (nSPS) is 15.6. The zero-order valence-corrected chi connectivity index (χ0v) is 24.9. The number of hydrogen-bond acceptors (Lipinski definition) is 7. The Kier molecular flexibility index (Phi) is 7.36. The predicted molar refractivity (Wildman–Crippen MR) is 160 cm³/mol. The molecule has 228 valence electrons. The van der Waals surface area contributed by atoms with Gasteiger partial charge in [-0.05, 0) is 60.9 Å². The fourth-order valence-corrected chi connectivity index (χ4v) is 6.14. The molecule has 10 nitrogen and oxygen atoms in total. The van der Waals surface area contributed by atoms with Crippen molar-refractivity contribution in [3.8, 4) is 11.3 Å². The number of nitrogens with one attached hydrogen (secondary N) is 1. The summed E-state index contributed by atoms with van der Waals surface area (Å²) < 4.78 is 65.7. The van der Waals surface area contributed by atoms with Gasteiger partial charge in [0.1, 0.15) is 28.5 Å². The number of sulfonamides is 1. The lowest BCUT2D eigenvalue weighted by Gasteiger charge is -2.34. The number of furan rings is 1. The first-order chi connectivity index (χ1) is 20.9. The van der Waals surface area contributed by atoms with Crippen LogP contribution in [0.5, 0.6) is 0 Å². The second kappa shape index (κ2) is 11.1. The first kappa shape index (κ1) is 29.3. The van der Waals surface area contributed by atoms with Crippen molar-refractivity contribution in [1.29, 1.82) is 0 Å². The number of amides is 2. The number of likely N-dealkylation sites (tertiary alicyclic amines) is 1. The van der Waals surface area contributed by atoms with Gasteiger partial charge in [-0.3, -0.25) is 13.9 Å². The molecule has 1 saturated heterocycles. The molecule has 1 N–H and O–H groups in total. The number of benzene rings is 3. The smallest absolute Gasteiger partial charge is 0.309 e. The number of oxazole rings is 1. The van der Waals surface area contributed by atoms with Gasteiger partial charge in [-0.25, -0.2) is 22.2 Å². The fraction of sp³-hybridized carbons (Fsp3) is 0.258. The Hall–Kier alpha value is -4.78. The molecular weight excluding hydrogens is 594 g/mol. The monoisotopic (exact) mass is 622 g/mol. The van der Waals surface area contributed by atoms with E-state index in [2.05, 4.69) is 10.3 Å². The van der Waals surface area contributed by atoms with Crippen LogP contribution in [0, 0.1) is 11.6 Å². The number of halogens is 2.